The van der Waals surface area contributed by atoms with Crippen molar-refractivity contribution in [2.75, 3.05) is 23.3 Å². The number of hydrogen-bond donors (Lipinski definition) is 2. The van der Waals surface area contributed by atoms with Gasteiger partial charge in [-0.05, 0) is 53.9 Å². The number of halogens is 2. The number of morpholine rings is 1. The van der Waals surface area contributed by atoms with E-state index in [1.54, 1.807) is 12.1 Å². The van der Waals surface area contributed by atoms with Crippen LogP contribution in [0.4, 0.5) is 15.8 Å². The number of hydrogen-bond acceptors (Lipinski definition) is 4. The van der Waals surface area contributed by atoms with Crippen molar-refractivity contribution in [1.82, 2.24) is 10.2 Å². The van der Waals surface area contributed by atoms with Gasteiger partial charge in [0.25, 0.3) is 5.91 Å². The van der Waals surface area contributed by atoms with Crippen LogP contribution in [0.25, 0.3) is 0 Å². The van der Waals surface area contributed by atoms with Crippen LogP contribution in [-0.4, -0.2) is 41.4 Å². The van der Waals surface area contributed by atoms with Crippen molar-refractivity contribution >= 4 is 33.2 Å². The number of nitrogens with zero attached hydrogens (tertiary/aromatic N) is 2. The van der Waals surface area contributed by atoms with Crippen LogP contribution < -0.4 is 10.2 Å². The fraction of sp³-hybridized carbons (Fsp3) is 0.474. The highest BCUT2D eigenvalue weighted by atomic mass is 79.9. The third-order valence-electron chi connectivity index (χ3n) is 4.49. The van der Waals surface area contributed by atoms with Gasteiger partial charge in [-0.25, -0.2) is 4.39 Å². The summed E-state index contributed by atoms with van der Waals surface area (Å²) in [6, 6.07) is 4.72. The number of nitrogens with one attached hydrogen (secondary N) is 2. The van der Waals surface area contributed by atoms with E-state index in [-0.39, 0.29) is 29.6 Å². The number of rotatable bonds is 4. The van der Waals surface area contributed by atoms with Crippen molar-refractivity contribution in [3.05, 3.63) is 39.9 Å². The van der Waals surface area contributed by atoms with E-state index in [9.17, 15) is 9.18 Å². The highest BCUT2D eigenvalue weighted by molar-refractivity contribution is 9.10. The van der Waals surface area contributed by atoms with Gasteiger partial charge in [-0.3, -0.25) is 9.89 Å². The van der Waals surface area contributed by atoms with Crippen molar-refractivity contribution in [3.63, 3.8) is 0 Å². The molecule has 2 atom stereocenters. The second kappa shape index (κ2) is 7.98. The molecule has 1 aromatic carbocycles. The second-order valence-corrected chi connectivity index (χ2v) is 8.03. The topological polar surface area (TPSA) is 70.2 Å². The van der Waals surface area contributed by atoms with Gasteiger partial charge >= 0.3 is 0 Å². The molecule has 1 saturated heterocycles. The molecule has 1 aliphatic rings. The molecule has 3 rings (SSSR count). The van der Waals surface area contributed by atoms with Gasteiger partial charge in [-0.15, -0.1) is 0 Å². The monoisotopic (exact) mass is 438 g/mol. The van der Waals surface area contributed by atoms with Gasteiger partial charge in [0.2, 0.25) is 0 Å². The molecule has 0 spiro atoms. The number of aromatic nitrogens is 2. The Morgan fingerprint density at radius 2 is 2.04 bits per heavy atom. The minimum Gasteiger partial charge on any atom is -0.372 e. The number of carbonyl (C=O) groups excluding carboxylic acids is 1. The number of anilines is 2. The number of amides is 1. The molecule has 0 saturated carbocycles. The van der Waals surface area contributed by atoms with Crippen LogP contribution in [0.15, 0.2) is 22.7 Å². The summed E-state index contributed by atoms with van der Waals surface area (Å²) in [6.07, 6.45) is 0.0828. The van der Waals surface area contributed by atoms with Crippen LogP contribution in [0.1, 0.15) is 49.8 Å². The average Bonchev–Trinajstić information content (AvgIpc) is 2.96. The molecule has 2 N–H and O–H groups in total. The van der Waals surface area contributed by atoms with Crippen molar-refractivity contribution < 1.29 is 13.9 Å². The molecule has 0 aliphatic carbocycles. The van der Waals surface area contributed by atoms with Crippen molar-refractivity contribution in [2.45, 2.75) is 45.8 Å². The normalized spacial score (nSPS) is 20.2. The van der Waals surface area contributed by atoms with Crippen molar-refractivity contribution in [2.24, 2.45) is 0 Å². The average molecular weight is 439 g/mol. The number of H-pyrrole nitrogens is 1. The lowest BCUT2D eigenvalue weighted by Gasteiger charge is -2.37. The van der Waals surface area contributed by atoms with Gasteiger partial charge in [0.15, 0.2) is 5.69 Å². The van der Waals surface area contributed by atoms with E-state index in [0.29, 0.717) is 28.9 Å². The largest absolute Gasteiger partial charge is 0.372 e. The molecule has 1 aromatic heterocycles. The lowest BCUT2D eigenvalue weighted by atomic mass is 10.1. The summed E-state index contributed by atoms with van der Waals surface area (Å²) in [7, 11) is 0. The molecular weight excluding hydrogens is 415 g/mol. The summed E-state index contributed by atoms with van der Waals surface area (Å²) in [5.41, 5.74) is 1.99. The first-order valence-electron chi connectivity index (χ1n) is 9.01. The molecule has 6 nitrogen and oxygen atoms in total. The van der Waals surface area contributed by atoms with Gasteiger partial charge in [-0.2, -0.15) is 5.10 Å². The molecule has 27 heavy (non-hydrogen) atoms. The molecular formula is C19H24BrFN4O2. The first-order chi connectivity index (χ1) is 12.8. The summed E-state index contributed by atoms with van der Waals surface area (Å²) in [5, 5.41) is 9.63. The Hall–Kier alpha value is -1.93. The standard InChI is InChI=1S/C19H24BrFN4O2/c1-10(2)17-16(20)18(24-23-17)19(26)22-13-5-6-15(14(21)7-13)25-8-11(3)27-12(4)9-25/h5-7,10-12H,8-9H2,1-4H3,(H,22,26)(H,23,24). The third-order valence-corrected chi connectivity index (χ3v) is 5.29. The van der Waals surface area contributed by atoms with Gasteiger partial charge in [-0.1, -0.05) is 13.8 Å². The zero-order valence-electron chi connectivity index (χ0n) is 15.8. The van der Waals surface area contributed by atoms with E-state index in [4.69, 9.17) is 4.74 Å². The fourth-order valence-corrected chi connectivity index (χ4v) is 4.10. The van der Waals surface area contributed by atoms with Crippen LogP contribution in [0.2, 0.25) is 0 Å². The van der Waals surface area contributed by atoms with Gasteiger partial charge in [0, 0.05) is 18.8 Å². The summed E-state index contributed by atoms with van der Waals surface area (Å²) in [6.45, 7) is 9.21. The number of aromatic amines is 1. The zero-order chi connectivity index (χ0) is 19.7. The van der Waals surface area contributed by atoms with E-state index in [1.807, 2.05) is 32.6 Å². The summed E-state index contributed by atoms with van der Waals surface area (Å²) in [5.74, 6) is -0.577. The van der Waals surface area contributed by atoms with Crippen LogP contribution in [0.3, 0.4) is 0 Å². The van der Waals surface area contributed by atoms with Crippen LogP contribution in [0, 0.1) is 5.82 Å². The molecule has 2 unspecified atom stereocenters. The first-order valence-corrected chi connectivity index (χ1v) is 9.80. The molecule has 1 fully saturated rings. The third kappa shape index (κ3) is 4.32. The zero-order valence-corrected chi connectivity index (χ0v) is 17.4. The highest BCUT2D eigenvalue weighted by Crippen LogP contribution is 2.28. The molecule has 0 bridgehead atoms. The van der Waals surface area contributed by atoms with Crippen LogP contribution in [-0.2, 0) is 4.74 Å². The smallest absolute Gasteiger partial charge is 0.277 e. The lowest BCUT2D eigenvalue weighted by Crippen LogP contribution is -2.45. The van der Waals surface area contributed by atoms with Gasteiger partial charge in [0.05, 0.1) is 28.1 Å². The maximum Gasteiger partial charge on any atom is 0.277 e. The van der Waals surface area contributed by atoms with Crippen LogP contribution in [0.5, 0.6) is 0 Å². The highest BCUT2D eigenvalue weighted by Gasteiger charge is 2.25. The Kier molecular flexibility index (Phi) is 5.86. The summed E-state index contributed by atoms with van der Waals surface area (Å²) in [4.78, 5) is 14.5. The lowest BCUT2D eigenvalue weighted by molar-refractivity contribution is -0.00539. The van der Waals surface area contributed by atoms with E-state index < -0.39 is 5.91 Å². The van der Waals surface area contributed by atoms with E-state index >= 15 is 0 Å². The SMILES string of the molecule is CC1CN(c2ccc(NC(=O)c3n[nH]c(C(C)C)c3Br)cc2F)CC(C)O1. The number of ether oxygens (including phenoxy) is 1. The Bertz CT molecular complexity index is 829. The summed E-state index contributed by atoms with van der Waals surface area (Å²) < 4.78 is 21.0. The van der Waals surface area contributed by atoms with Gasteiger partial charge < -0.3 is 15.0 Å². The Labute approximate surface area is 166 Å². The first kappa shape index (κ1) is 19.8. The molecule has 2 aromatic rings. The molecule has 1 aliphatic heterocycles. The summed E-state index contributed by atoms with van der Waals surface area (Å²) >= 11 is 3.41. The molecule has 0 radical (unpaired) electrons. The molecule has 146 valence electrons. The Morgan fingerprint density at radius 1 is 1.37 bits per heavy atom. The Morgan fingerprint density at radius 3 is 2.59 bits per heavy atom. The maximum absolute atomic E-state index is 14.7. The molecule has 1 amide bonds. The van der Waals surface area contributed by atoms with E-state index in [2.05, 4.69) is 31.4 Å². The van der Waals surface area contributed by atoms with Crippen LogP contribution >= 0.6 is 15.9 Å². The molecule has 8 heteroatoms. The molecule has 2 heterocycles. The second-order valence-electron chi connectivity index (χ2n) is 7.24. The van der Waals surface area contributed by atoms with Crippen molar-refractivity contribution in [3.8, 4) is 0 Å². The quantitative estimate of drug-likeness (QED) is 0.746. The van der Waals surface area contributed by atoms with Crippen molar-refractivity contribution in [1.29, 1.82) is 0 Å². The van der Waals surface area contributed by atoms with E-state index in [0.717, 1.165) is 5.69 Å². The van der Waals surface area contributed by atoms with Gasteiger partial charge in [0.1, 0.15) is 5.82 Å². The fourth-order valence-electron chi connectivity index (χ4n) is 3.28. The van der Waals surface area contributed by atoms with E-state index in [1.165, 1.54) is 6.07 Å². The maximum atomic E-state index is 14.7. The number of benzene rings is 1. The minimum absolute atomic E-state index is 0.0414. The number of carbonyl (C=O) groups is 1. The predicted molar refractivity (Wildman–Crippen MR) is 107 cm³/mol. The Balaban J connectivity index is 1.75. The minimum atomic E-state index is -0.397. The predicted octanol–water partition coefficient (Wildman–Crippen LogP) is 4.30.